The fraction of sp³-hybridized carbons (Fsp3) is 0.429. The Balaban J connectivity index is 1.90. The SMILES string of the molecule is CC1CNCC1C(=O)Nc1ccc(OCC(N)=O)cc1. The lowest BCUT2D eigenvalue weighted by Gasteiger charge is -2.14. The number of anilines is 1. The number of rotatable bonds is 5. The number of carbonyl (C=O) groups excluding carboxylic acids is 2. The molecule has 0 aliphatic carbocycles. The minimum absolute atomic E-state index is 0.000730. The molecule has 6 heteroatoms. The summed E-state index contributed by atoms with van der Waals surface area (Å²) in [6.45, 7) is 3.49. The molecule has 1 fully saturated rings. The molecule has 108 valence electrons. The Kier molecular flexibility index (Phi) is 4.57. The predicted molar refractivity (Wildman–Crippen MR) is 75.3 cm³/mol. The zero-order valence-corrected chi connectivity index (χ0v) is 11.4. The Morgan fingerprint density at radius 2 is 2.05 bits per heavy atom. The molecule has 1 heterocycles. The first-order valence-electron chi connectivity index (χ1n) is 6.59. The highest BCUT2D eigenvalue weighted by molar-refractivity contribution is 5.93. The third-order valence-electron chi connectivity index (χ3n) is 3.36. The van der Waals surface area contributed by atoms with Crippen LogP contribution >= 0.6 is 0 Å². The number of carbonyl (C=O) groups is 2. The lowest BCUT2D eigenvalue weighted by atomic mass is 9.97. The minimum Gasteiger partial charge on any atom is -0.484 e. The Bertz CT molecular complexity index is 487. The van der Waals surface area contributed by atoms with Gasteiger partial charge in [-0.15, -0.1) is 0 Å². The van der Waals surface area contributed by atoms with E-state index in [-0.39, 0.29) is 18.4 Å². The average molecular weight is 277 g/mol. The Labute approximate surface area is 117 Å². The van der Waals surface area contributed by atoms with Crippen LogP contribution in [0.1, 0.15) is 6.92 Å². The van der Waals surface area contributed by atoms with Crippen molar-refractivity contribution in [3.8, 4) is 5.75 Å². The largest absolute Gasteiger partial charge is 0.484 e. The van der Waals surface area contributed by atoms with Crippen LogP contribution < -0.4 is 21.1 Å². The van der Waals surface area contributed by atoms with Gasteiger partial charge < -0.3 is 21.1 Å². The number of ether oxygens (including phenoxy) is 1. The maximum Gasteiger partial charge on any atom is 0.255 e. The molecule has 1 aromatic carbocycles. The highest BCUT2D eigenvalue weighted by atomic mass is 16.5. The maximum atomic E-state index is 12.1. The van der Waals surface area contributed by atoms with Crippen molar-refractivity contribution in [2.45, 2.75) is 6.92 Å². The Morgan fingerprint density at radius 1 is 1.35 bits per heavy atom. The molecular formula is C14H19N3O3. The molecule has 0 bridgehead atoms. The zero-order valence-electron chi connectivity index (χ0n) is 11.4. The maximum absolute atomic E-state index is 12.1. The van der Waals surface area contributed by atoms with Gasteiger partial charge in [0.2, 0.25) is 5.91 Å². The first kappa shape index (κ1) is 14.3. The van der Waals surface area contributed by atoms with Gasteiger partial charge in [-0.05, 0) is 36.7 Å². The van der Waals surface area contributed by atoms with Crippen molar-refractivity contribution >= 4 is 17.5 Å². The van der Waals surface area contributed by atoms with E-state index in [2.05, 4.69) is 17.6 Å². The van der Waals surface area contributed by atoms with Crippen LogP contribution in [0.5, 0.6) is 5.75 Å². The third-order valence-corrected chi connectivity index (χ3v) is 3.36. The van der Waals surface area contributed by atoms with Crippen molar-refractivity contribution in [2.24, 2.45) is 17.6 Å². The molecular weight excluding hydrogens is 258 g/mol. The van der Waals surface area contributed by atoms with Crippen LogP contribution in [0.25, 0.3) is 0 Å². The van der Waals surface area contributed by atoms with Gasteiger partial charge in [-0.2, -0.15) is 0 Å². The summed E-state index contributed by atoms with van der Waals surface area (Å²) in [5, 5.41) is 6.08. The van der Waals surface area contributed by atoms with Crippen molar-refractivity contribution in [2.75, 3.05) is 25.0 Å². The van der Waals surface area contributed by atoms with Gasteiger partial charge in [-0.25, -0.2) is 0 Å². The number of nitrogens with two attached hydrogens (primary N) is 1. The molecule has 1 aliphatic heterocycles. The van der Waals surface area contributed by atoms with Gasteiger partial charge in [0.05, 0.1) is 5.92 Å². The molecule has 0 aromatic heterocycles. The van der Waals surface area contributed by atoms with Crippen molar-refractivity contribution in [1.82, 2.24) is 5.32 Å². The van der Waals surface area contributed by atoms with Crippen LogP contribution in [0.15, 0.2) is 24.3 Å². The monoisotopic (exact) mass is 277 g/mol. The molecule has 6 nitrogen and oxygen atoms in total. The molecule has 4 N–H and O–H groups in total. The summed E-state index contributed by atoms with van der Waals surface area (Å²) in [5.41, 5.74) is 5.70. The van der Waals surface area contributed by atoms with Crippen molar-refractivity contribution in [3.05, 3.63) is 24.3 Å². The van der Waals surface area contributed by atoms with E-state index >= 15 is 0 Å². The second-order valence-electron chi connectivity index (χ2n) is 5.01. The Hall–Kier alpha value is -2.08. The molecule has 1 saturated heterocycles. The van der Waals surface area contributed by atoms with Gasteiger partial charge in [0.15, 0.2) is 6.61 Å². The Morgan fingerprint density at radius 3 is 2.60 bits per heavy atom. The number of hydrogen-bond acceptors (Lipinski definition) is 4. The number of nitrogens with one attached hydrogen (secondary N) is 2. The number of hydrogen-bond donors (Lipinski definition) is 3. The molecule has 20 heavy (non-hydrogen) atoms. The van der Waals surface area contributed by atoms with Crippen molar-refractivity contribution in [3.63, 3.8) is 0 Å². The summed E-state index contributed by atoms with van der Waals surface area (Å²) in [4.78, 5) is 22.7. The van der Waals surface area contributed by atoms with Crippen LogP contribution in [0.3, 0.4) is 0 Å². The molecule has 2 atom stereocenters. The van der Waals surface area contributed by atoms with E-state index in [1.54, 1.807) is 24.3 Å². The lowest BCUT2D eigenvalue weighted by Crippen LogP contribution is -2.27. The van der Waals surface area contributed by atoms with Gasteiger partial charge in [0, 0.05) is 12.2 Å². The topological polar surface area (TPSA) is 93.4 Å². The normalized spacial score (nSPS) is 21.4. The van der Waals surface area contributed by atoms with E-state index < -0.39 is 5.91 Å². The second-order valence-corrected chi connectivity index (χ2v) is 5.01. The average Bonchev–Trinajstić information content (AvgIpc) is 2.84. The standard InChI is InChI=1S/C14H19N3O3/c1-9-6-16-7-12(9)14(19)17-10-2-4-11(5-3-10)20-8-13(15)18/h2-5,9,12,16H,6-8H2,1H3,(H2,15,18)(H,17,19). The number of primary amides is 1. The summed E-state index contributed by atoms with van der Waals surface area (Å²) < 4.78 is 5.15. The molecule has 0 radical (unpaired) electrons. The molecule has 2 unspecified atom stereocenters. The summed E-state index contributed by atoms with van der Waals surface area (Å²) >= 11 is 0. The van der Waals surface area contributed by atoms with Crippen LogP contribution in [0.4, 0.5) is 5.69 Å². The van der Waals surface area contributed by atoms with Crippen molar-refractivity contribution in [1.29, 1.82) is 0 Å². The summed E-state index contributed by atoms with van der Waals surface area (Å²) in [6.07, 6.45) is 0. The summed E-state index contributed by atoms with van der Waals surface area (Å²) in [7, 11) is 0. The van der Waals surface area contributed by atoms with E-state index in [4.69, 9.17) is 10.5 Å². The summed E-state index contributed by atoms with van der Waals surface area (Å²) in [5.74, 6) is 0.380. The molecule has 0 spiro atoms. The number of benzene rings is 1. The van der Waals surface area contributed by atoms with Crippen LogP contribution in [0.2, 0.25) is 0 Å². The van der Waals surface area contributed by atoms with E-state index in [1.807, 2.05) is 0 Å². The van der Waals surface area contributed by atoms with E-state index in [0.717, 1.165) is 6.54 Å². The highest BCUT2D eigenvalue weighted by Crippen LogP contribution is 2.20. The molecule has 2 amide bonds. The second kappa shape index (κ2) is 6.38. The predicted octanol–water partition coefficient (Wildman–Crippen LogP) is 0.345. The lowest BCUT2D eigenvalue weighted by molar-refractivity contribution is -0.120. The quantitative estimate of drug-likeness (QED) is 0.723. The van der Waals surface area contributed by atoms with E-state index in [1.165, 1.54) is 0 Å². The van der Waals surface area contributed by atoms with Crippen LogP contribution in [-0.2, 0) is 9.59 Å². The molecule has 1 aliphatic rings. The zero-order chi connectivity index (χ0) is 14.5. The molecule has 1 aromatic rings. The van der Waals surface area contributed by atoms with Gasteiger partial charge >= 0.3 is 0 Å². The molecule has 0 saturated carbocycles. The van der Waals surface area contributed by atoms with Gasteiger partial charge in [0.25, 0.3) is 5.91 Å². The summed E-state index contributed by atoms with van der Waals surface area (Å²) in [6, 6.07) is 6.85. The minimum atomic E-state index is -0.523. The fourth-order valence-corrected chi connectivity index (χ4v) is 2.18. The van der Waals surface area contributed by atoms with Gasteiger partial charge in [0.1, 0.15) is 5.75 Å². The van der Waals surface area contributed by atoms with Crippen LogP contribution in [-0.4, -0.2) is 31.5 Å². The van der Waals surface area contributed by atoms with Gasteiger partial charge in [-0.3, -0.25) is 9.59 Å². The van der Waals surface area contributed by atoms with Crippen LogP contribution in [0, 0.1) is 11.8 Å². The van der Waals surface area contributed by atoms with E-state index in [0.29, 0.717) is 23.9 Å². The third kappa shape index (κ3) is 3.71. The first-order valence-corrected chi connectivity index (χ1v) is 6.59. The first-order chi connectivity index (χ1) is 9.56. The highest BCUT2D eigenvalue weighted by Gasteiger charge is 2.29. The number of amides is 2. The smallest absolute Gasteiger partial charge is 0.255 e. The molecule has 2 rings (SSSR count). The van der Waals surface area contributed by atoms with Gasteiger partial charge in [-0.1, -0.05) is 6.92 Å². The van der Waals surface area contributed by atoms with Crippen molar-refractivity contribution < 1.29 is 14.3 Å². The fourth-order valence-electron chi connectivity index (χ4n) is 2.18. The van der Waals surface area contributed by atoms with E-state index in [9.17, 15) is 9.59 Å².